The van der Waals surface area contributed by atoms with Crippen LogP contribution in [0.3, 0.4) is 0 Å². The van der Waals surface area contributed by atoms with Crippen molar-refractivity contribution < 1.29 is 39.9 Å². The fraction of sp³-hybridized carbons (Fsp3) is 0.138. The molecule has 2 aromatic heterocycles. The molecule has 10 nitrogen and oxygen atoms in total. The molecule has 1 amide bonds. The van der Waals surface area contributed by atoms with Crippen LogP contribution in [0.4, 0.5) is 39.3 Å². The van der Waals surface area contributed by atoms with E-state index >= 15 is 0 Å². The minimum absolute atomic E-state index is 0.000229. The molecule has 45 heavy (non-hydrogen) atoms. The second kappa shape index (κ2) is 12.1. The number of carbonyl (C=O) groups is 1. The Morgan fingerprint density at radius 1 is 1.00 bits per heavy atom. The molecule has 0 saturated heterocycles. The summed E-state index contributed by atoms with van der Waals surface area (Å²) in [5.74, 6) is -2.64. The monoisotopic (exact) mass is 646 g/mol. The Bertz CT molecular complexity index is 2000. The molecule has 0 aliphatic heterocycles. The minimum atomic E-state index is -4.66. The fourth-order valence-corrected chi connectivity index (χ4v) is 4.84. The number of nitrogens with two attached hydrogens (primary N) is 1. The number of fused-ring (bicyclic) bond motifs is 1. The molecular weight excluding hydrogens is 623 g/mol. The van der Waals surface area contributed by atoms with Crippen LogP contribution in [0, 0.1) is 11.6 Å². The van der Waals surface area contributed by atoms with Gasteiger partial charge in [0.15, 0.2) is 22.1 Å². The van der Waals surface area contributed by atoms with Crippen molar-refractivity contribution >= 4 is 38.7 Å². The Balaban J connectivity index is 1.32. The van der Waals surface area contributed by atoms with E-state index in [4.69, 9.17) is 10.5 Å². The molecule has 0 unspecified atom stereocenters. The van der Waals surface area contributed by atoms with Crippen LogP contribution in [-0.2, 0) is 14.6 Å². The molecule has 5 aromatic rings. The van der Waals surface area contributed by atoms with Crippen molar-refractivity contribution in [2.75, 3.05) is 23.5 Å². The van der Waals surface area contributed by atoms with Crippen molar-refractivity contribution in [3.63, 3.8) is 0 Å². The predicted octanol–water partition coefficient (Wildman–Crippen LogP) is 5.40. The lowest BCUT2D eigenvalue weighted by atomic mass is 10.1. The summed E-state index contributed by atoms with van der Waals surface area (Å²) in [4.78, 5) is 16.6. The van der Waals surface area contributed by atoms with E-state index < -0.39 is 46.2 Å². The molecule has 4 N–H and O–H groups in total. The number of halogens is 5. The highest BCUT2D eigenvalue weighted by Gasteiger charge is 2.29. The zero-order valence-corrected chi connectivity index (χ0v) is 24.0. The number of sulfone groups is 1. The number of aromatic nitrogens is 3. The van der Waals surface area contributed by atoms with Gasteiger partial charge in [0.25, 0.3) is 0 Å². The van der Waals surface area contributed by atoms with Crippen molar-refractivity contribution in [3.05, 3.63) is 96.2 Å². The number of ether oxygens (including phenoxy) is 1. The van der Waals surface area contributed by atoms with Gasteiger partial charge in [0.1, 0.15) is 23.4 Å². The van der Waals surface area contributed by atoms with Crippen molar-refractivity contribution in [2.45, 2.75) is 17.1 Å². The quantitative estimate of drug-likeness (QED) is 0.181. The summed E-state index contributed by atoms with van der Waals surface area (Å²) in [6.45, 7) is -1.64. The van der Waals surface area contributed by atoms with Gasteiger partial charge in [-0.1, -0.05) is 12.1 Å². The summed E-state index contributed by atoms with van der Waals surface area (Å²) < 4.78 is 96.1. The number of alkyl halides is 3. The zero-order chi connectivity index (χ0) is 32.5. The first-order valence-corrected chi connectivity index (χ1v) is 14.8. The number of hydrogen-bond donors (Lipinski definition) is 3. The van der Waals surface area contributed by atoms with Crippen molar-refractivity contribution in [3.8, 4) is 16.9 Å². The summed E-state index contributed by atoms with van der Waals surface area (Å²) in [7, 11) is -3.72. The average Bonchev–Trinajstić information content (AvgIpc) is 3.38. The Kier molecular flexibility index (Phi) is 8.44. The van der Waals surface area contributed by atoms with Gasteiger partial charge in [-0.15, -0.1) is 5.10 Å². The smallest absolute Gasteiger partial charge is 0.422 e. The molecule has 0 bridgehead atoms. The highest BCUT2D eigenvalue weighted by atomic mass is 32.2. The molecule has 0 fully saturated rings. The first kappa shape index (κ1) is 31.3. The van der Waals surface area contributed by atoms with Crippen molar-refractivity contribution in [1.29, 1.82) is 0 Å². The average molecular weight is 647 g/mol. The van der Waals surface area contributed by atoms with E-state index in [2.05, 4.69) is 20.7 Å². The van der Waals surface area contributed by atoms with Crippen LogP contribution in [0.5, 0.6) is 5.75 Å². The summed E-state index contributed by atoms with van der Waals surface area (Å²) >= 11 is 0. The third kappa shape index (κ3) is 7.53. The molecule has 0 aliphatic rings. The molecule has 0 radical (unpaired) electrons. The molecule has 0 spiro atoms. The molecule has 16 heteroatoms. The summed E-state index contributed by atoms with van der Waals surface area (Å²) in [5, 5.41) is 9.63. The number of benzene rings is 3. The van der Waals surface area contributed by atoms with Gasteiger partial charge in [0.05, 0.1) is 10.6 Å². The maximum atomic E-state index is 14.0. The molecule has 234 valence electrons. The Hall–Kier alpha value is -5.09. The number of rotatable bonds is 9. The number of amides is 1. The maximum Gasteiger partial charge on any atom is 0.422 e. The third-order valence-corrected chi connectivity index (χ3v) is 7.52. The van der Waals surface area contributed by atoms with E-state index in [0.717, 1.165) is 30.5 Å². The van der Waals surface area contributed by atoms with Crippen LogP contribution >= 0.6 is 0 Å². The predicted molar refractivity (Wildman–Crippen MR) is 155 cm³/mol. The van der Waals surface area contributed by atoms with Crippen molar-refractivity contribution in [2.24, 2.45) is 5.73 Å². The first-order valence-electron chi connectivity index (χ1n) is 13.0. The normalized spacial score (nSPS) is 12.6. The maximum absolute atomic E-state index is 14.0. The van der Waals surface area contributed by atoms with E-state index in [1.165, 1.54) is 16.6 Å². The Labute approximate surface area is 252 Å². The topological polar surface area (TPSA) is 141 Å². The number of nitrogens with zero attached hydrogens (tertiary/aromatic N) is 3. The number of anilines is 3. The zero-order valence-electron chi connectivity index (χ0n) is 23.1. The Morgan fingerprint density at radius 3 is 2.40 bits per heavy atom. The lowest BCUT2D eigenvalue weighted by Crippen LogP contribution is -2.28. The second-order valence-electron chi connectivity index (χ2n) is 9.83. The van der Waals surface area contributed by atoms with Crippen LogP contribution < -0.4 is 21.1 Å². The fourth-order valence-electron chi connectivity index (χ4n) is 4.20. The summed E-state index contributed by atoms with van der Waals surface area (Å²) in [5.41, 5.74) is 7.69. The van der Waals surface area contributed by atoms with Gasteiger partial charge in [-0.2, -0.15) is 18.2 Å². The van der Waals surface area contributed by atoms with Gasteiger partial charge >= 0.3 is 6.18 Å². The molecule has 2 heterocycles. The van der Waals surface area contributed by atoms with E-state index in [9.17, 15) is 35.2 Å². The lowest BCUT2D eigenvalue weighted by molar-refractivity contribution is -0.153. The summed E-state index contributed by atoms with van der Waals surface area (Å²) in [6.07, 6.45) is -2.10. The minimum Gasteiger partial charge on any atom is -0.482 e. The number of hydrogen-bond acceptors (Lipinski definition) is 8. The van der Waals surface area contributed by atoms with Crippen LogP contribution in [-0.4, -0.2) is 48.0 Å². The summed E-state index contributed by atoms with van der Waals surface area (Å²) in [6, 6.07) is 14.6. The standard InChI is InChI=1S/C29H23F5N6O4S/c1-45(42,43)20-8-10-23(24(13-20)44-15-29(32,33)34)37-28-38-25-11-4-17(14-40(25)39-28)16-2-6-19(7-3-16)36-27(41)26(35)21-12-18(30)5-9-22(21)31/h2-14,26H,15,35H2,1H3,(H,36,41)(H,37,39)/t26-/m1/s1. The van der Waals surface area contributed by atoms with Crippen LogP contribution in [0.25, 0.3) is 16.8 Å². The number of pyridine rings is 1. The van der Waals surface area contributed by atoms with Gasteiger partial charge in [-0.3, -0.25) is 4.79 Å². The van der Waals surface area contributed by atoms with E-state index in [0.29, 0.717) is 22.5 Å². The van der Waals surface area contributed by atoms with Crippen LogP contribution in [0.2, 0.25) is 0 Å². The van der Waals surface area contributed by atoms with Gasteiger partial charge in [0, 0.05) is 35.3 Å². The second-order valence-corrected chi connectivity index (χ2v) is 11.8. The lowest BCUT2D eigenvalue weighted by Gasteiger charge is -2.14. The molecule has 1 atom stereocenters. The highest BCUT2D eigenvalue weighted by Crippen LogP contribution is 2.32. The van der Waals surface area contributed by atoms with E-state index in [1.807, 2.05) is 0 Å². The van der Waals surface area contributed by atoms with E-state index in [-0.39, 0.29) is 27.8 Å². The number of nitrogens with one attached hydrogen (secondary N) is 2. The molecule has 0 saturated carbocycles. The third-order valence-electron chi connectivity index (χ3n) is 6.41. The first-order chi connectivity index (χ1) is 21.2. The Morgan fingerprint density at radius 2 is 1.71 bits per heavy atom. The molecule has 3 aromatic carbocycles. The highest BCUT2D eigenvalue weighted by molar-refractivity contribution is 7.90. The SMILES string of the molecule is CS(=O)(=O)c1ccc(Nc2nc3ccc(-c4ccc(NC(=O)[C@H](N)c5cc(F)ccc5F)cc4)cn3n2)c(OCC(F)(F)F)c1. The largest absolute Gasteiger partial charge is 0.482 e. The molecule has 0 aliphatic carbocycles. The molecular formula is C29H23F5N6O4S. The molecule has 5 rings (SSSR count). The van der Waals surface area contributed by atoms with Gasteiger partial charge in [-0.25, -0.2) is 21.7 Å². The van der Waals surface area contributed by atoms with Gasteiger partial charge in [0.2, 0.25) is 11.9 Å². The van der Waals surface area contributed by atoms with E-state index in [1.54, 1.807) is 42.6 Å². The van der Waals surface area contributed by atoms with Crippen LogP contribution in [0.1, 0.15) is 11.6 Å². The van der Waals surface area contributed by atoms with Crippen molar-refractivity contribution in [1.82, 2.24) is 14.6 Å². The number of carbonyl (C=O) groups excluding carboxylic acids is 1. The van der Waals surface area contributed by atoms with Gasteiger partial charge in [-0.05, 0) is 60.2 Å². The van der Waals surface area contributed by atoms with Gasteiger partial charge < -0.3 is 21.1 Å². The van der Waals surface area contributed by atoms with Crippen LogP contribution in [0.15, 0.2) is 83.9 Å².